The molecule has 1 heterocycles. The number of benzene rings is 2. The van der Waals surface area contributed by atoms with Crippen LogP contribution in [0.2, 0.25) is 0 Å². The third-order valence-electron chi connectivity index (χ3n) is 7.20. The Morgan fingerprint density at radius 1 is 0.947 bits per heavy atom. The number of aromatic nitrogens is 1. The van der Waals surface area contributed by atoms with Crippen molar-refractivity contribution in [2.24, 2.45) is 11.8 Å². The minimum Gasteiger partial charge on any atom is -0.381 e. The number of rotatable bonds is 8. The quantitative estimate of drug-likeness (QED) is 0.184. The maximum atomic E-state index is 13.3. The number of fused-ring (bicyclic) bond motifs is 1. The third-order valence-corrected chi connectivity index (χ3v) is 7.20. The number of hydrogen-bond donors (Lipinski definition) is 1. The number of alkyl halides is 6. The summed E-state index contributed by atoms with van der Waals surface area (Å²) in [5.74, 6) is 1.14. The zero-order chi connectivity index (χ0) is 27.2. The van der Waals surface area contributed by atoms with Crippen LogP contribution in [0.5, 0.6) is 0 Å². The summed E-state index contributed by atoms with van der Waals surface area (Å²) < 4.78 is 80.0. The molecule has 200 valence electrons. The van der Waals surface area contributed by atoms with Crippen molar-refractivity contribution in [2.75, 3.05) is 5.32 Å². The SMILES string of the molecule is Cc1ccc2ncc(CN(C#N)Cc3cc(C(F)(F)F)cc(C(F)(F)F)c3)c(NC(C3CC3)C3CC3)c2c1. The lowest BCUT2D eigenvalue weighted by atomic mass is 10.0. The zero-order valence-electron chi connectivity index (χ0n) is 20.6. The predicted molar refractivity (Wildman–Crippen MR) is 131 cm³/mol. The van der Waals surface area contributed by atoms with Crippen molar-refractivity contribution in [1.82, 2.24) is 9.88 Å². The van der Waals surface area contributed by atoms with Crippen molar-refractivity contribution in [3.8, 4) is 6.19 Å². The Hall–Kier alpha value is -3.48. The molecule has 1 aromatic heterocycles. The van der Waals surface area contributed by atoms with Crippen LogP contribution >= 0.6 is 0 Å². The van der Waals surface area contributed by atoms with E-state index in [1.165, 1.54) is 0 Å². The van der Waals surface area contributed by atoms with Gasteiger partial charge in [-0.05, 0) is 80.3 Å². The van der Waals surface area contributed by atoms with Crippen molar-refractivity contribution in [1.29, 1.82) is 5.26 Å². The summed E-state index contributed by atoms with van der Waals surface area (Å²) in [5, 5.41) is 14.4. The van der Waals surface area contributed by atoms with E-state index in [1.807, 2.05) is 31.3 Å². The molecule has 0 saturated heterocycles. The fourth-order valence-corrected chi connectivity index (χ4v) is 5.00. The number of nitrogens with one attached hydrogen (secondary N) is 1. The van der Waals surface area contributed by atoms with Crippen LogP contribution in [0.1, 0.15) is 53.5 Å². The highest BCUT2D eigenvalue weighted by atomic mass is 19.4. The van der Waals surface area contributed by atoms with E-state index in [0.29, 0.717) is 29.5 Å². The first-order chi connectivity index (χ1) is 17.9. The first-order valence-corrected chi connectivity index (χ1v) is 12.5. The first-order valence-electron chi connectivity index (χ1n) is 12.5. The Labute approximate surface area is 216 Å². The molecule has 0 amide bonds. The number of halogens is 6. The minimum absolute atomic E-state index is 0.0185. The maximum Gasteiger partial charge on any atom is 0.416 e. The van der Waals surface area contributed by atoms with Crippen LogP contribution in [0.25, 0.3) is 10.9 Å². The third kappa shape index (κ3) is 5.82. The second kappa shape index (κ2) is 9.68. The summed E-state index contributed by atoms with van der Waals surface area (Å²) in [6, 6.07) is 7.57. The van der Waals surface area contributed by atoms with Gasteiger partial charge in [0.2, 0.25) is 0 Å². The molecule has 4 nitrogen and oxygen atoms in total. The van der Waals surface area contributed by atoms with Crippen LogP contribution in [-0.4, -0.2) is 15.9 Å². The van der Waals surface area contributed by atoms with Crippen molar-refractivity contribution in [3.63, 3.8) is 0 Å². The number of hydrogen-bond acceptors (Lipinski definition) is 4. The highest BCUT2D eigenvalue weighted by molar-refractivity contribution is 5.93. The van der Waals surface area contributed by atoms with Gasteiger partial charge in [0, 0.05) is 23.2 Å². The molecule has 38 heavy (non-hydrogen) atoms. The van der Waals surface area contributed by atoms with E-state index in [9.17, 15) is 31.6 Å². The van der Waals surface area contributed by atoms with Gasteiger partial charge in [0.05, 0.1) is 35.4 Å². The average molecular weight is 533 g/mol. The van der Waals surface area contributed by atoms with Gasteiger partial charge in [0.25, 0.3) is 0 Å². The molecule has 1 N–H and O–H groups in total. The summed E-state index contributed by atoms with van der Waals surface area (Å²) in [7, 11) is 0. The van der Waals surface area contributed by atoms with Gasteiger partial charge in [-0.1, -0.05) is 11.6 Å². The van der Waals surface area contributed by atoms with Gasteiger partial charge >= 0.3 is 12.4 Å². The van der Waals surface area contributed by atoms with E-state index in [0.717, 1.165) is 52.7 Å². The monoisotopic (exact) mass is 532 g/mol. The highest BCUT2D eigenvalue weighted by Crippen LogP contribution is 2.47. The lowest BCUT2D eigenvalue weighted by Crippen LogP contribution is -2.26. The molecule has 0 spiro atoms. The Bertz CT molecular complexity index is 1340. The summed E-state index contributed by atoms with van der Waals surface area (Å²) in [6.45, 7) is 1.53. The van der Waals surface area contributed by atoms with E-state index in [1.54, 1.807) is 6.20 Å². The van der Waals surface area contributed by atoms with Crippen LogP contribution < -0.4 is 5.32 Å². The highest BCUT2D eigenvalue weighted by Gasteiger charge is 2.42. The summed E-state index contributed by atoms with van der Waals surface area (Å²) in [4.78, 5) is 5.68. The number of anilines is 1. The number of nitrogens with zero attached hydrogens (tertiary/aromatic N) is 3. The van der Waals surface area contributed by atoms with Gasteiger partial charge < -0.3 is 10.2 Å². The van der Waals surface area contributed by atoms with Crippen molar-refractivity contribution in [3.05, 3.63) is 70.4 Å². The van der Waals surface area contributed by atoms with Gasteiger partial charge in [-0.2, -0.15) is 31.6 Å². The predicted octanol–water partition coefficient (Wildman–Crippen LogP) is 7.66. The van der Waals surface area contributed by atoms with Gasteiger partial charge in [0.1, 0.15) is 0 Å². The van der Waals surface area contributed by atoms with Crippen LogP contribution in [0.15, 0.2) is 42.6 Å². The number of nitriles is 1. The fraction of sp³-hybridized carbons (Fsp3) is 0.429. The fourth-order valence-electron chi connectivity index (χ4n) is 5.00. The van der Waals surface area contributed by atoms with E-state index in [-0.39, 0.29) is 24.2 Å². The molecule has 2 aromatic carbocycles. The van der Waals surface area contributed by atoms with Crippen LogP contribution in [-0.2, 0) is 25.4 Å². The van der Waals surface area contributed by atoms with E-state index in [2.05, 4.69) is 10.3 Å². The molecule has 2 aliphatic rings. The Morgan fingerprint density at radius 3 is 2.08 bits per heavy atom. The molecule has 2 fully saturated rings. The lowest BCUT2D eigenvalue weighted by Gasteiger charge is -2.25. The lowest BCUT2D eigenvalue weighted by molar-refractivity contribution is -0.143. The molecule has 0 bridgehead atoms. The molecule has 0 radical (unpaired) electrons. The normalized spacial score (nSPS) is 16.1. The number of pyridine rings is 1. The average Bonchev–Trinajstić information content (AvgIpc) is 3.76. The van der Waals surface area contributed by atoms with Crippen molar-refractivity contribution >= 4 is 16.6 Å². The van der Waals surface area contributed by atoms with Gasteiger partial charge in [-0.15, -0.1) is 0 Å². The molecular formula is C28H26F6N4. The summed E-state index contributed by atoms with van der Waals surface area (Å²) in [5.41, 5.74) is 0.228. The number of aryl methyl sites for hydroxylation is 1. The smallest absolute Gasteiger partial charge is 0.381 e. The summed E-state index contributed by atoms with van der Waals surface area (Å²) in [6.07, 6.45) is -1.75. The largest absolute Gasteiger partial charge is 0.416 e. The Balaban J connectivity index is 1.49. The first kappa shape index (κ1) is 26.1. The Kier molecular flexibility index (Phi) is 6.66. The minimum atomic E-state index is -4.95. The molecule has 5 rings (SSSR count). The summed E-state index contributed by atoms with van der Waals surface area (Å²) >= 11 is 0. The van der Waals surface area contributed by atoms with Gasteiger partial charge in [-0.3, -0.25) is 4.98 Å². The second-order valence-corrected chi connectivity index (χ2v) is 10.4. The van der Waals surface area contributed by atoms with Crippen molar-refractivity contribution < 1.29 is 26.3 Å². The molecule has 0 unspecified atom stereocenters. The van der Waals surface area contributed by atoms with Crippen LogP contribution in [0.3, 0.4) is 0 Å². The van der Waals surface area contributed by atoms with Crippen LogP contribution in [0.4, 0.5) is 32.0 Å². The second-order valence-electron chi connectivity index (χ2n) is 10.4. The van der Waals surface area contributed by atoms with E-state index in [4.69, 9.17) is 0 Å². The molecular weight excluding hydrogens is 506 g/mol. The maximum absolute atomic E-state index is 13.3. The van der Waals surface area contributed by atoms with Gasteiger partial charge in [-0.25, -0.2) is 0 Å². The standard InChI is InChI=1S/C28H26F6N4/c1-16-2-7-24-23(8-16)26(37-25(18-3-4-18)19-5-6-19)20(12-36-24)14-38(15-35)13-17-9-21(27(29,30)31)11-22(10-17)28(32,33)34/h2,7-12,18-19,25H,3-6,13-14H2,1H3,(H,36,37). The van der Waals surface area contributed by atoms with E-state index < -0.39 is 30.0 Å². The molecule has 10 heteroatoms. The zero-order valence-corrected chi connectivity index (χ0v) is 20.6. The molecule has 2 aliphatic carbocycles. The van der Waals surface area contributed by atoms with Crippen LogP contribution in [0, 0.1) is 30.2 Å². The molecule has 2 saturated carbocycles. The van der Waals surface area contributed by atoms with E-state index >= 15 is 0 Å². The van der Waals surface area contributed by atoms with Crippen molar-refractivity contribution in [2.45, 2.75) is 64.1 Å². The molecule has 0 atom stereocenters. The molecule has 0 aliphatic heterocycles. The Morgan fingerprint density at radius 2 is 1.55 bits per heavy atom. The topological polar surface area (TPSA) is 52.0 Å². The van der Waals surface area contributed by atoms with Gasteiger partial charge in [0.15, 0.2) is 6.19 Å². The molecule has 3 aromatic rings.